The number of ether oxygens (including phenoxy) is 1. The molecular weight excluding hydrogens is 489 g/mol. The van der Waals surface area contributed by atoms with Gasteiger partial charge in [0.2, 0.25) is 0 Å². The zero-order chi connectivity index (χ0) is 23.8. The van der Waals surface area contributed by atoms with Crippen molar-refractivity contribution in [2.24, 2.45) is 0 Å². The smallest absolute Gasteiger partial charge is 0.266 e. The number of hydrogen-bond donors (Lipinski definition) is 2. The molecule has 8 heteroatoms. The van der Waals surface area contributed by atoms with E-state index in [1.54, 1.807) is 30.3 Å². The highest BCUT2D eigenvalue weighted by molar-refractivity contribution is 9.10. The van der Waals surface area contributed by atoms with Crippen molar-refractivity contribution in [3.63, 3.8) is 0 Å². The number of nitriles is 1. The average molecular weight is 508 g/mol. The van der Waals surface area contributed by atoms with Crippen molar-refractivity contribution in [1.29, 1.82) is 5.26 Å². The Kier molecular flexibility index (Phi) is 7.95. The predicted molar refractivity (Wildman–Crippen MR) is 128 cm³/mol. The van der Waals surface area contributed by atoms with Gasteiger partial charge in [0.1, 0.15) is 23.2 Å². The fraction of sp³-hybridized carbons (Fsp3) is 0.0800. The molecule has 2 N–H and O–H groups in total. The van der Waals surface area contributed by atoms with Gasteiger partial charge in [0.05, 0.1) is 0 Å². The second-order valence-corrected chi connectivity index (χ2v) is 7.88. The van der Waals surface area contributed by atoms with Crippen molar-refractivity contribution >= 4 is 45.2 Å². The molecular formula is C25H19BrFN3O3. The molecule has 0 radical (unpaired) electrons. The first-order chi connectivity index (χ1) is 15.9. The number of amides is 2. The zero-order valence-corrected chi connectivity index (χ0v) is 19.1. The Balaban J connectivity index is 1.75. The van der Waals surface area contributed by atoms with E-state index in [1.165, 1.54) is 30.3 Å². The van der Waals surface area contributed by atoms with Crippen molar-refractivity contribution in [1.82, 2.24) is 0 Å². The van der Waals surface area contributed by atoms with Crippen LogP contribution in [0, 0.1) is 24.1 Å². The molecule has 3 rings (SSSR count). The molecule has 0 aliphatic rings. The van der Waals surface area contributed by atoms with E-state index in [9.17, 15) is 19.2 Å². The molecule has 33 heavy (non-hydrogen) atoms. The molecule has 0 bridgehead atoms. The van der Waals surface area contributed by atoms with Crippen LogP contribution in [0.15, 0.2) is 76.8 Å². The Bertz CT molecular complexity index is 1250. The van der Waals surface area contributed by atoms with Gasteiger partial charge in [-0.3, -0.25) is 9.59 Å². The van der Waals surface area contributed by atoms with Gasteiger partial charge in [-0.05, 0) is 67.1 Å². The monoisotopic (exact) mass is 507 g/mol. The van der Waals surface area contributed by atoms with Gasteiger partial charge in [-0.15, -0.1) is 0 Å². The summed E-state index contributed by atoms with van der Waals surface area (Å²) < 4.78 is 19.3. The van der Waals surface area contributed by atoms with Crippen LogP contribution < -0.4 is 15.4 Å². The number of carbonyl (C=O) groups is 2. The number of nitrogens with zero attached hydrogens (tertiary/aromatic N) is 1. The molecule has 0 spiro atoms. The Morgan fingerprint density at radius 3 is 2.52 bits per heavy atom. The maximum Gasteiger partial charge on any atom is 0.266 e. The molecule has 6 nitrogen and oxygen atoms in total. The lowest BCUT2D eigenvalue weighted by Gasteiger charge is -2.11. The number of carbonyl (C=O) groups excluding carboxylic acids is 2. The normalized spacial score (nSPS) is 10.8. The summed E-state index contributed by atoms with van der Waals surface area (Å²) in [6.45, 7) is 1.53. The Labute approximate surface area is 198 Å². The predicted octanol–water partition coefficient (Wildman–Crippen LogP) is 5.46. The minimum Gasteiger partial charge on any atom is -0.483 e. The van der Waals surface area contributed by atoms with E-state index in [4.69, 9.17) is 4.74 Å². The molecule has 0 aliphatic carbocycles. The summed E-state index contributed by atoms with van der Waals surface area (Å²) in [5, 5.41) is 14.9. The third kappa shape index (κ3) is 6.76. The second-order valence-electron chi connectivity index (χ2n) is 6.96. The topological polar surface area (TPSA) is 91.2 Å². The molecule has 3 aromatic rings. The lowest BCUT2D eigenvalue weighted by molar-refractivity contribution is -0.118. The number of aryl methyl sites for hydroxylation is 1. The molecule has 0 aromatic heterocycles. The van der Waals surface area contributed by atoms with Crippen LogP contribution in [-0.2, 0) is 9.59 Å². The number of benzene rings is 3. The fourth-order valence-corrected chi connectivity index (χ4v) is 3.22. The van der Waals surface area contributed by atoms with Crippen LogP contribution in [0.4, 0.5) is 15.8 Å². The highest BCUT2D eigenvalue weighted by atomic mass is 79.9. The largest absolute Gasteiger partial charge is 0.483 e. The molecule has 0 aliphatic heterocycles. The Morgan fingerprint density at radius 1 is 1.09 bits per heavy atom. The average Bonchev–Trinajstić information content (AvgIpc) is 2.79. The van der Waals surface area contributed by atoms with Gasteiger partial charge in [-0.1, -0.05) is 34.1 Å². The summed E-state index contributed by atoms with van der Waals surface area (Å²) in [7, 11) is 0. The van der Waals surface area contributed by atoms with Crippen LogP contribution in [0.2, 0.25) is 0 Å². The van der Waals surface area contributed by atoms with E-state index in [0.717, 1.165) is 5.56 Å². The first kappa shape index (κ1) is 23.7. The number of para-hydroxylation sites is 1. The molecule has 2 amide bonds. The van der Waals surface area contributed by atoms with Crippen LogP contribution >= 0.6 is 15.9 Å². The van der Waals surface area contributed by atoms with Crippen LogP contribution in [0.25, 0.3) is 6.08 Å². The van der Waals surface area contributed by atoms with Gasteiger partial charge in [-0.2, -0.15) is 5.26 Å². The number of halogens is 2. The summed E-state index contributed by atoms with van der Waals surface area (Å²) in [4.78, 5) is 24.8. The molecule has 166 valence electrons. The lowest BCUT2D eigenvalue weighted by atomic mass is 10.1. The molecule has 0 fully saturated rings. The quantitative estimate of drug-likeness (QED) is 0.328. The summed E-state index contributed by atoms with van der Waals surface area (Å²) in [6.07, 6.45) is 1.39. The third-order valence-electron chi connectivity index (χ3n) is 4.52. The van der Waals surface area contributed by atoms with Crippen LogP contribution in [0.3, 0.4) is 0 Å². The van der Waals surface area contributed by atoms with E-state index < -0.39 is 17.6 Å². The summed E-state index contributed by atoms with van der Waals surface area (Å²) in [5.74, 6) is -1.11. The van der Waals surface area contributed by atoms with Gasteiger partial charge < -0.3 is 15.4 Å². The maximum absolute atomic E-state index is 13.0. The highest BCUT2D eigenvalue weighted by Crippen LogP contribution is 2.26. The Hall–Kier alpha value is -3.96. The number of hydrogen-bond acceptors (Lipinski definition) is 4. The SMILES string of the molecule is Cc1ccccc1NC(=O)/C(C#N)=C\c1cc(Br)ccc1OCC(=O)Nc1ccc(F)cc1. The number of nitrogens with one attached hydrogen (secondary N) is 2. The third-order valence-corrected chi connectivity index (χ3v) is 5.01. The van der Waals surface area contributed by atoms with E-state index in [0.29, 0.717) is 27.2 Å². The standard InChI is InChI=1S/C25H19BrFN3O3/c1-16-4-2-3-5-22(16)30-25(32)18(14-28)12-17-13-19(26)6-11-23(17)33-15-24(31)29-21-9-7-20(27)8-10-21/h2-13H,15H2,1H3,(H,29,31)(H,30,32)/b18-12-. The number of rotatable bonds is 7. The van der Waals surface area contributed by atoms with Crippen molar-refractivity contribution in [2.75, 3.05) is 17.2 Å². The first-order valence-corrected chi connectivity index (χ1v) is 10.6. The van der Waals surface area contributed by atoms with Gasteiger partial charge in [0.25, 0.3) is 11.8 Å². The molecule has 0 heterocycles. The number of anilines is 2. The van der Waals surface area contributed by atoms with E-state index >= 15 is 0 Å². The minimum atomic E-state index is -0.563. The zero-order valence-electron chi connectivity index (χ0n) is 17.6. The molecule has 0 atom stereocenters. The molecule has 0 saturated carbocycles. The summed E-state index contributed by atoms with van der Waals surface area (Å²) in [6, 6.07) is 19.5. The van der Waals surface area contributed by atoms with Gasteiger partial charge in [0, 0.05) is 21.4 Å². The second kappa shape index (κ2) is 11.1. The van der Waals surface area contributed by atoms with Crippen LogP contribution in [-0.4, -0.2) is 18.4 Å². The Morgan fingerprint density at radius 2 is 1.82 bits per heavy atom. The lowest BCUT2D eigenvalue weighted by Crippen LogP contribution is -2.20. The minimum absolute atomic E-state index is 0.128. The molecule has 0 saturated heterocycles. The van der Waals surface area contributed by atoms with Crippen LogP contribution in [0.5, 0.6) is 5.75 Å². The molecule has 3 aromatic carbocycles. The summed E-state index contributed by atoms with van der Waals surface area (Å²) >= 11 is 3.36. The first-order valence-electron chi connectivity index (χ1n) is 9.82. The summed E-state index contributed by atoms with van der Waals surface area (Å²) in [5.41, 5.74) is 2.21. The van der Waals surface area contributed by atoms with Gasteiger partial charge in [0.15, 0.2) is 6.61 Å². The van der Waals surface area contributed by atoms with E-state index in [1.807, 2.05) is 25.1 Å². The van der Waals surface area contributed by atoms with E-state index in [-0.39, 0.29) is 12.2 Å². The van der Waals surface area contributed by atoms with E-state index in [2.05, 4.69) is 26.6 Å². The van der Waals surface area contributed by atoms with Gasteiger partial charge >= 0.3 is 0 Å². The van der Waals surface area contributed by atoms with Gasteiger partial charge in [-0.25, -0.2) is 4.39 Å². The van der Waals surface area contributed by atoms with Crippen molar-refractivity contribution < 1.29 is 18.7 Å². The van der Waals surface area contributed by atoms with Crippen molar-refractivity contribution in [3.05, 3.63) is 93.7 Å². The van der Waals surface area contributed by atoms with Crippen molar-refractivity contribution in [2.45, 2.75) is 6.92 Å². The fourth-order valence-electron chi connectivity index (χ4n) is 2.84. The molecule has 0 unspecified atom stereocenters. The maximum atomic E-state index is 13.0. The van der Waals surface area contributed by atoms with Crippen molar-refractivity contribution in [3.8, 4) is 11.8 Å². The van der Waals surface area contributed by atoms with Crippen LogP contribution in [0.1, 0.15) is 11.1 Å². The highest BCUT2D eigenvalue weighted by Gasteiger charge is 2.13.